The summed E-state index contributed by atoms with van der Waals surface area (Å²) in [7, 11) is 0. The van der Waals surface area contributed by atoms with E-state index in [-0.39, 0.29) is 5.50 Å². The molecule has 1 heterocycles. The molecular formula is C10H15N3O2S. The number of ether oxygens (including phenoxy) is 1. The molecule has 1 aliphatic heterocycles. The van der Waals surface area contributed by atoms with Gasteiger partial charge in [-0.3, -0.25) is 10.3 Å². The van der Waals surface area contributed by atoms with Crippen LogP contribution in [0.15, 0.2) is 11.6 Å². The molecule has 0 aromatic rings. The first kappa shape index (κ1) is 12.7. The number of thioether (sulfide) groups is 1. The van der Waals surface area contributed by atoms with Crippen molar-refractivity contribution in [3.63, 3.8) is 0 Å². The van der Waals surface area contributed by atoms with Crippen molar-refractivity contribution >= 4 is 17.9 Å². The van der Waals surface area contributed by atoms with Crippen LogP contribution in [0.5, 0.6) is 0 Å². The number of hydrazine groups is 1. The number of terminal acetylenes is 1. The highest BCUT2D eigenvalue weighted by Gasteiger charge is 2.20. The molecule has 16 heavy (non-hydrogen) atoms. The van der Waals surface area contributed by atoms with Crippen LogP contribution in [-0.4, -0.2) is 22.1 Å². The topological polar surface area (TPSA) is 53.6 Å². The van der Waals surface area contributed by atoms with E-state index in [9.17, 15) is 4.79 Å². The second kappa shape index (κ2) is 5.14. The molecule has 0 fully saturated rings. The summed E-state index contributed by atoms with van der Waals surface area (Å²) in [5.74, 6) is 0. The molecule has 0 aromatic heterocycles. The van der Waals surface area contributed by atoms with E-state index in [1.165, 1.54) is 11.8 Å². The van der Waals surface area contributed by atoms with E-state index in [2.05, 4.69) is 16.9 Å². The van der Waals surface area contributed by atoms with Crippen LogP contribution in [0.4, 0.5) is 4.79 Å². The molecule has 0 aromatic carbocycles. The molecule has 1 rings (SSSR count). The predicted molar refractivity (Wildman–Crippen MR) is 63.7 cm³/mol. The maximum atomic E-state index is 11.3. The summed E-state index contributed by atoms with van der Waals surface area (Å²) in [5.41, 5.74) is 4.49. The quantitative estimate of drug-likeness (QED) is 0.565. The van der Waals surface area contributed by atoms with Crippen LogP contribution < -0.4 is 10.9 Å². The van der Waals surface area contributed by atoms with Crippen molar-refractivity contribution in [3.05, 3.63) is 11.6 Å². The fraction of sp³-hybridized carbons (Fsp3) is 0.500. The summed E-state index contributed by atoms with van der Waals surface area (Å²) in [6, 6.07) is 2.46. The van der Waals surface area contributed by atoms with E-state index in [1.807, 2.05) is 5.41 Å². The van der Waals surface area contributed by atoms with Crippen molar-refractivity contribution < 1.29 is 9.53 Å². The van der Waals surface area contributed by atoms with Gasteiger partial charge in [0.05, 0.1) is 0 Å². The summed E-state index contributed by atoms with van der Waals surface area (Å²) in [6.45, 7) is 5.39. The Kier molecular flexibility index (Phi) is 4.10. The van der Waals surface area contributed by atoms with Gasteiger partial charge in [-0.1, -0.05) is 18.2 Å². The van der Waals surface area contributed by atoms with Crippen molar-refractivity contribution in [2.24, 2.45) is 0 Å². The molecule has 1 atom stereocenters. The summed E-state index contributed by atoms with van der Waals surface area (Å²) in [6.07, 6.45) is 6.48. The lowest BCUT2D eigenvalue weighted by Gasteiger charge is -2.23. The van der Waals surface area contributed by atoms with Gasteiger partial charge in [0.1, 0.15) is 5.60 Å². The molecule has 1 amide bonds. The van der Waals surface area contributed by atoms with E-state index in [0.717, 1.165) is 0 Å². The Balaban J connectivity index is 2.31. The zero-order valence-corrected chi connectivity index (χ0v) is 10.3. The van der Waals surface area contributed by atoms with Gasteiger partial charge in [0.15, 0.2) is 5.50 Å². The maximum Gasteiger partial charge on any atom is 0.422 e. The van der Waals surface area contributed by atoms with Gasteiger partial charge >= 0.3 is 6.09 Å². The van der Waals surface area contributed by atoms with Gasteiger partial charge in [0.2, 0.25) is 0 Å². The third-order valence-electron chi connectivity index (χ3n) is 1.53. The first-order valence-electron chi connectivity index (χ1n) is 4.73. The molecule has 1 unspecified atom stereocenters. The smallest absolute Gasteiger partial charge is 0.422 e. The molecule has 0 saturated heterocycles. The fourth-order valence-corrected chi connectivity index (χ4v) is 1.70. The van der Waals surface area contributed by atoms with E-state index in [4.69, 9.17) is 11.2 Å². The predicted octanol–water partition coefficient (Wildman–Crippen LogP) is 1.41. The number of amides is 1. The Morgan fingerprint density at radius 3 is 2.88 bits per heavy atom. The van der Waals surface area contributed by atoms with Crippen LogP contribution in [0.3, 0.4) is 0 Å². The highest BCUT2D eigenvalue weighted by Crippen LogP contribution is 2.20. The van der Waals surface area contributed by atoms with Crippen LogP contribution in [0.1, 0.15) is 20.8 Å². The van der Waals surface area contributed by atoms with Crippen molar-refractivity contribution in [2.75, 3.05) is 0 Å². The Labute approximate surface area is 99.6 Å². The van der Waals surface area contributed by atoms with Gasteiger partial charge in [-0.15, -0.1) is 0 Å². The van der Waals surface area contributed by atoms with Crippen LogP contribution >= 0.6 is 11.8 Å². The molecule has 5 nitrogen and oxygen atoms in total. The normalized spacial score (nSPS) is 19.4. The molecular weight excluding hydrogens is 226 g/mol. The summed E-state index contributed by atoms with van der Waals surface area (Å²) in [4.78, 5) is 12.9. The van der Waals surface area contributed by atoms with Crippen molar-refractivity contribution in [3.8, 4) is 12.5 Å². The van der Waals surface area contributed by atoms with Gasteiger partial charge in [-0.2, -0.15) is 5.43 Å². The van der Waals surface area contributed by atoms with Crippen LogP contribution in [-0.2, 0) is 4.74 Å². The summed E-state index contributed by atoms with van der Waals surface area (Å²) >= 11 is 1.46. The minimum Gasteiger partial charge on any atom is -0.443 e. The van der Waals surface area contributed by atoms with Gasteiger partial charge in [0, 0.05) is 12.2 Å². The van der Waals surface area contributed by atoms with Gasteiger partial charge in [-0.05, 0) is 26.2 Å². The number of nitrogens with zero attached hydrogens (tertiary/aromatic N) is 1. The molecule has 0 aliphatic carbocycles. The van der Waals surface area contributed by atoms with Gasteiger partial charge in [-0.25, -0.2) is 4.79 Å². The largest absolute Gasteiger partial charge is 0.443 e. The van der Waals surface area contributed by atoms with Crippen LogP contribution in [0, 0.1) is 12.5 Å². The number of hydrogen-bond donors (Lipinski definition) is 2. The Bertz CT molecular complexity index is 330. The van der Waals surface area contributed by atoms with E-state index in [0.29, 0.717) is 0 Å². The minimum absolute atomic E-state index is 0.197. The second-order valence-electron chi connectivity index (χ2n) is 4.08. The minimum atomic E-state index is -0.531. The van der Waals surface area contributed by atoms with E-state index in [1.54, 1.807) is 31.9 Å². The lowest BCUT2D eigenvalue weighted by atomic mass is 10.2. The monoisotopic (exact) mass is 241 g/mol. The third kappa shape index (κ3) is 4.04. The highest BCUT2D eigenvalue weighted by atomic mass is 32.2. The molecule has 0 spiro atoms. The molecule has 0 saturated carbocycles. The highest BCUT2D eigenvalue weighted by molar-refractivity contribution is 8.02. The number of carbonyl (C=O) groups is 1. The molecule has 1 aliphatic rings. The molecule has 0 bridgehead atoms. The lowest BCUT2D eigenvalue weighted by Crippen LogP contribution is -2.48. The van der Waals surface area contributed by atoms with Crippen molar-refractivity contribution in [2.45, 2.75) is 31.9 Å². The van der Waals surface area contributed by atoms with Crippen molar-refractivity contribution in [1.82, 2.24) is 15.8 Å². The zero-order valence-electron chi connectivity index (χ0n) is 9.48. The summed E-state index contributed by atoms with van der Waals surface area (Å²) in [5, 5.41) is 1.84. The Hall–Kier alpha value is -1.32. The average Bonchev–Trinajstić information content (AvgIpc) is 2.59. The average molecular weight is 241 g/mol. The standard InChI is InChI=1S/C10H15N3O2S/c1-5-13-6-7-16-8(13)11-12-9(14)15-10(2,3)4/h1,6-8,11H,2-4H3,(H,12,14). The second-order valence-corrected chi connectivity index (χ2v) is 5.07. The zero-order chi connectivity index (χ0) is 12.2. The first-order chi connectivity index (χ1) is 7.42. The number of hydrogen-bond acceptors (Lipinski definition) is 5. The van der Waals surface area contributed by atoms with Crippen LogP contribution in [0.2, 0.25) is 0 Å². The molecule has 88 valence electrons. The third-order valence-corrected chi connectivity index (χ3v) is 2.41. The lowest BCUT2D eigenvalue weighted by molar-refractivity contribution is 0.0488. The molecule has 0 radical (unpaired) electrons. The summed E-state index contributed by atoms with van der Waals surface area (Å²) < 4.78 is 5.05. The van der Waals surface area contributed by atoms with Crippen LogP contribution in [0.25, 0.3) is 0 Å². The van der Waals surface area contributed by atoms with Gasteiger partial charge < -0.3 is 4.74 Å². The fourth-order valence-electron chi connectivity index (χ4n) is 0.957. The SMILES string of the molecule is C#CN1C=CSC1NNC(=O)OC(C)(C)C. The number of rotatable bonds is 2. The van der Waals surface area contributed by atoms with Gasteiger partial charge in [0.25, 0.3) is 0 Å². The molecule has 6 heteroatoms. The maximum absolute atomic E-state index is 11.3. The Morgan fingerprint density at radius 2 is 2.31 bits per heavy atom. The first-order valence-corrected chi connectivity index (χ1v) is 5.68. The van der Waals surface area contributed by atoms with E-state index < -0.39 is 11.7 Å². The number of nitrogens with one attached hydrogen (secondary N) is 2. The number of carbonyl (C=O) groups excluding carboxylic acids is 1. The molecule has 2 N–H and O–H groups in total. The van der Waals surface area contributed by atoms with E-state index >= 15 is 0 Å². The van der Waals surface area contributed by atoms with Crippen molar-refractivity contribution in [1.29, 1.82) is 0 Å². The Morgan fingerprint density at radius 1 is 1.62 bits per heavy atom.